The Labute approximate surface area is 127 Å². The van der Waals surface area contributed by atoms with Crippen LogP contribution in [0, 0.1) is 23.2 Å². The summed E-state index contributed by atoms with van der Waals surface area (Å²) in [5.74, 6) is 0.433. The van der Waals surface area contributed by atoms with Crippen LogP contribution < -0.4 is 0 Å². The number of carboxylic acid groups (broad SMARTS) is 1. The van der Waals surface area contributed by atoms with Crippen molar-refractivity contribution in [1.29, 1.82) is 0 Å². The normalized spacial score (nSPS) is 33.6. The lowest BCUT2D eigenvalue weighted by atomic mass is 9.76. The molecule has 1 N–H and O–H groups in total. The average Bonchev–Trinajstić information content (AvgIpc) is 2.87. The lowest BCUT2D eigenvalue weighted by Gasteiger charge is -2.38. The summed E-state index contributed by atoms with van der Waals surface area (Å²) < 4.78 is 0. The first-order chi connectivity index (χ1) is 9.78. The SMILES string of the molecule is CC1CCN(C(=O)N2CCC(C(=O)O)(C(C)C)C2)CC1C. The molecule has 0 aliphatic carbocycles. The maximum Gasteiger partial charge on any atom is 0.320 e. The molecule has 3 atom stereocenters. The molecule has 2 saturated heterocycles. The van der Waals surface area contributed by atoms with Gasteiger partial charge in [0.25, 0.3) is 0 Å². The van der Waals surface area contributed by atoms with Gasteiger partial charge in [-0.1, -0.05) is 27.7 Å². The minimum atomic E-state index is -0.773. The molecule has 2 rings (SSSR count). The molecular weight excluding hydrogens is 268 g/mol. The molecule has 2 heterocycles. The molecule has 0 radical (unpaired) electrons. The minimum absolute atomic E-state index is 0.0255. The number of nitrogens with zero attached hydrogens (tertiary/aromatic N) is 2. The van der Waals surface area contributed by atoms with Gasteiger partial charge in [0.15, 0.2) is 0 Å². The summed E-state index contributed by atoms with van der Waals surface area (Å²) in [6.45, 7) is 10.8. The van der Waals surface area contributed by atoms with Gasteiger partial charge in [0.2, 0.25) is 0 Å². The molecule has 0 spiro atoms. The van der Waals surface area contributed by atoms with E-state index in [9.17, 15) is 14.7 Å². The van der Waals surface area contributed by atoms with E-state index in [0.29, 0.717) is 31.3 Å². The molecule has 2 fully saturated rings. The van der Waals surface area contributed by atoms with Crippen LogP contribution in [0.15, 0.2) is 0 Å². The standard InChI is InChI=1S/C16H28N2O3/c1-11(2)16(14(19)20)6-8-18(10-16)15(21)17-7-5-12(3)13(4)9-17/h11-13H,5-10H2,1-4H3,(H,19,20). The second-order valence-electron chi connectivity index (χ2n) is 7.26. The van der Waals surface area contributed by atoms with Gasteiger partial charge in [0, 0.05) is 26.2 Å². The van der Waals surface area contributed by atoms with E-state index < -0.39 is 11.4 Å². The van der Waals surface area contributed by atoms with E-state index >= 15 is 0 Å². The minimum Gasteiger partial charge on any atom is -0.481 e. The zero-order chi connectivity index (χ0) is 15.8. The summed E-state index contributed by atoms with van der Waals surface area (Å²) in [7, 11) is 0. The zero-order valence-corrected chi connectivity index (χ0v) is 13.6. The molecule has 5 nitrogen and oxygen atoms in total. The predicted molar refractivity (Wildman–Crippen MR) is 81.0 cm³/mol. The Bertz CT molecular complexity index is 424. The number of urea groups is 1. The quantitative estimate of drug-likeness (QED) is 0.851. The van der Waals surface area contributed by atoms with Crippen molar-refractivity contribution in [3.63, 3.8) is 0 Å². The molecule has 120 valence electrons. The molecule has 21 heavy (non-hydrogen) atoms. The molecule has 0 aromatic carbocycles. The van der Waals surface area contributed by atoms with Gasteiger partial charge in [-0.3, -0.25) is 4.79 Å². The third-order valence-electron chi connectivity index (χ3n) is 5.71. The summed E-state index contributed by atoms with van der Waals surface area (Å²) in [6.07, 6.45) is 1.60. The van der Waals surface area contributed by atoms with Crippen molar-refractivity contribution in [1.82, 2.24) is 9.80 Å². The number of rotatable bonds is 2. The zero-order valence-electron chi connectivity index (χ0n) is 13.6. The van der Waals surface area contributed by atoms with Crippen LogP contribution in [0.4, 0.5) is 4.79 Å². The van der Waals surface area contributed by atoms with Crippen LogP contribution in [-0.4, -0.2) is 53.1 Å². The van der Waals surface area contributed by atoms with Gasteiger partial charge in [-0.05, 0) is 30.6 Å². The van der Waals surface area contributed by atoms with Gasteiger partial charge < -0.3 is 14.9 Å². The second kappa shape index (κ2) is 5.85. The van der Waals surface area contributed by atoms with Crippen molar-refractivity contribution in [2.75, 3.05) is 26.2 Å². The van der Waals surface area contributed by atoms with Crippen LogP contribution in [-0.2, 0) is 4.79 Å². The van der Waals surface area contributed by atoms with Crippen LogP contribution in [0.25, 0.3) is 0 Å². The molecule has 0 aromatic rings. The highest BCUT2D eigenvalue weighted by atomic mass is 16.4. The van der Waals surface area contributed by atoms with E-state index in [1.54, 1.807) is 4.90 Å². The number of amides is 2. The lowest BCUT2D eigenvalue weighted by Crippen LogP contribution is -2.49. The summed E-state index contributed by atoms with van der Waals surface area (Å²) in [5.41, 5.74) is -0.773. The van der Waals surface area contributed by atoms with E-state index in [4.69, 9.17) is 0 Å². The number of hydrogen-bond donors (Lipinski definition) is 1. The average molecular weight is 296 g/mol. The molecule has 0 aromatic heterocycles. The summed E-state index contributed by atoms with van der Waals surface area (Å²) in [6, 6.07) is 0.0255. The fourth-order valence-electron chi connectivity index (χ4n) is 3.53. The number of carboxylic acids is 1. The summed E-state index contributed by atoms with van der Waals surface area (Å²) >= 11 is 0. The molecule has 0 saturated carbocycles. The molecule has 2 aliphatic heterocycles. The number of carbonyl (C=O) groups is 2. The number of likely N-dealkylation sites (tertiary alicyclic amines) is 2. The van der Waals surface area contributed by atoms with Crippen LogP contribution >= 0.6 is 0 Å². The summed E-state index contributed by atoms with van der Waals surface area (Å²) in [5, 5.41) is 9.57. The van der Waals surface area contributed by atoms with Crippen molar-refractivity contribution in [3.05, 3.63) is 0 Å². The van der Waals surface area contributed by atoms with Gasteiger partial charge in [-0.25, -0.2) is 4.79 Å². The van der Waals surface area contributed by atoms with Gasteiger partial charge >= 0.3 is 12.0 Å². The first kappa shape index (κ1) is 16.1. The predicted octanol–water partition coefficient (Wildman–Crippen LogP) is 2.52. The van der Waals surface area contributed by atoms with Crippen LogP contribution in [0.1, 0.15) is 40.5 Å². The van der Waals surface area contributed by atoms with E-state index in [0.717, 1.165) is 19.5 Å². The van der Waals surface area contributed by atoms with Crippen molar-refractivity contribution in [3.8, 4) is 0 Å². The second-order valence-corrected chi connectivity index (χ2v) is 7.26. The number of piperidine rings is 1. The Balaban J connectivity index is 2.04. The lowest BCUT2D eigenvalue weighted by molar-refractivity contribution is -0.150. The topological polar surface area (TPSA) is 60.9 Å². The van der Waals surface area contributed by atoms with Crippen molar-refractivity contribution in [2.45, 2.75) is 40.5 Å². The maximum atomic E-state index is 12.6. The Hall–Kier alpha value is -1.26. The molecule has 0 bridgehead atoms. The monoisotopic (exact) mass is 296 g/mol. The number of aliphatic carboxylic acids is 1. The highest BCUT2D eigenvalue weighted by Crippen LogP contribution is 2.38. The number of carbonyl (C=O) groups excluding carboxylic acids is 1. The van der Waals surface area contributed by atoms with Crippen LogP contribution in [0.3, 0.4) is 0 Å². The van der Waals surface area contributed by atoms with Crippen LogP contribution in [0.2, 0.25) is 0 Å². The first-order valence-electron chi connectivity index (χ1n) is 8.05. The van der Waals surface area contributed by atoms with E-state index in [-0.39, 0.29) is 11.9 Å². The largest absolute Gasteiger partial charge is 0.481 e. The number of hydrogen-bond acceptors (Lipinski definition) is 2. The molecule has 3 unspecified atom stereocenters. The highest BCUT2D eigenvalue weighted by molar-refractivity contribution is 5.80. The Morgan fingerprint density at radius 1 is 1.14 bits per heavy atom. The fraction of sp³-hybridized carbons (Fsp3) is 0.875. The maximum absolute atomic E-state index is 12.6. The Morgan fingerprint density at radius 3 is 2.29 bits per heavy atom. The van der Waals surface area contributed by atoms with Crippen molar-refractivity contribution < 1.29 is 14.7 Å². The smallest absolute Gasteiger partial charge is 0.320 e. The van der Waals surface area contributed by atoms with E-state index in [2.05, 4.69) is 13.8 Å². The van der Waals surface area contributed by atoms with E-state index in [1.807, 2.05) is 18.7 Å². The van der Waals surface area contributed by atoms with Gasteiger partial charge in [0.1, 0.15) is 0 Å². The van der Waals surface area contributed by atoms with Gasteiger partial charge in [-0.2, -0.15) is 0 Å². The van der Waals surface area contributed by atoms with Gasteiger partial charge in [0.05, 0.1) is 5.41 Å². The molecule has 2 amide bonds. The third kappa shape index (κ3) is 2.87. The molecule has 2 aliphatic rings. The van der Waals surface area contributed by atoms with Gasteiger partial charge in [-0.15, -0.1) is 0 Å². The Kier molecular flexibility index (Phi) is 4.49. The highest BCUT2D eigenvalue weighted by Gasteiger charge is 2.49. The third-order valence-corrected chi connectivity index (χ3v) is 5.71. The molecular formula is C16H28N2O3. The van der Waals surface area contributed by atoms with Crippen LogP contribution in [0.5, 0.6) is 0 Å². The molecule has 5 heteroatoms. The van der Waals surface area contributed by atoms with Crippen molar-refractivity contribution in [2.24, 2.45) is 23.2 Å². The Morgan fingerprint density at radius 2 is 1.81 bits per heavy atom. The van der Waals surface area contributed by atoms with Crippen molar-refractivity contribution >= 4 is 12.0 Å². The van der Waals surface area contributed by atoms with E-state index in [1.165, 1.54) is 0 Å². The fourth-order valence-corrected chi connectivity index (χ4v) is 3.53. The summed E-state index contributed by atoms with van der Waals surface area (Å²) in [4.78, 5) is 27.9. The first-order valence-corrected chi connectivity index (χ1v) is 8.05.